The van der Waals surface area contributed by atoms with Crippen LogP contribution >= 0.6 is 0 Å². The second-order valence-electron chi connectivity index (χ2n) is 6.87. The van der Waals surface area contributed by atoms with Gasteiger partial charge in [0.25, 0.3) is 0 Å². The molecule has 0 aliphatic carbocycles. The minimum absolute atomic E-state index is 0.0274. The van der Waals surface area contributed by atoms with Crippen LogP contribution in [-0.4, -0.2) is 41.0 Å². The molecule has 3 N–H and O–H groups in total. The number of rotatable bonds is 4. The van der Waals surface area contributed by atoms with Gasteiger partial charge in [-0.15, -0.1) is 10.2 Å². The highest BCUT2D eigenvalue weighted by Crippen LogP contribution is 2.33. The minimum Gasteiger partial charge on any atom is -0.396 e. The predicted molar refractivity (Wildman–Crippen MR) is 101 cm³/mol. The molecule has 0 unspecified atom stereocenters. The molecule has 0 spiro atoms. The lowest BCUT2D eigenvalue weighted by Crippen LogP contribution is -2.30. The van der Waals surface area contributed by atoms with Gasteiger partial charge in [-0.25, -0.2) is 0 Å². The van der Waals surface area contributed by atoms with Crippen LogP contribution in [0.2, 0.25) is 0 Å². The zero-order chi connectivity index (χ0) is 19.7. The third kappa shape index (κ3) is 3.53. The fourth-order valence-electron chi connectivity index (χ4n) is 3.51. The average Bonchev–Trinajstić information content (AvgIpc) is 3.15. The minimum atomic E-state index is -4.38. The fraction of sp³-hybridized carbons (Fsp3) is 0.300. The number of aromatic nitrogens is 2. The highest BCUT2D eigenvalue weighted by molar-refractivity contribution is 6.00. The number of aliphatic hydroxyl groups excluding tert-OH is 1. The van der Waals surface area contributed by atoms with Crippen molar-refractivity contribution in [3.63, 3.8) is 0 Å². The molecule has 0 radical (unpaired) electrons. The average molecular weight is 388 g/mol. The van der Waals surface area contributed by atoms with E-state index in [0.717, 1.165) is 29.4 Å². The normalized spacial score (nSPS) is 19.9. The molecule has 0 saturated carbocycles. The Kier molecular flexibility index (Phi) is 4.91. The lowest BCUT2D eigenvalue weighted by atomic mass is 10.0. The topological polar surface area (TPSA) is 70.1 Å². The van der Waals surface area contributed by atoms with E-state index in [0.29, 0.717) is 23.6 Å². The van der Waals surface area contributed by atoms with Crippen molar-refractivity contribution >= 4 is 16.6 Å². The Morgan fingerprint density at radius 3 is 2.39 bits per heavy atom. The first kappa shape index (κ1) is 18.6. The van der Waals surface area contributed by atoms with Crippen LogP contribution in [0.15, 0.2) is 48.5 Å². The van der Waals surface area contributed by atoms with Crippen LogP contribution < -0.4 is 10.6 Å². The van der Waals surface area contributed by atoms with Crippen molar-refractivity contribution in [1.82, 2.24) is 15.5 Å². The van der Waals surface area contributed by atoms with Gasteiger partial charge in [0.2, 0.25) is 0 Å². The van der Waals surface area contributed by atoms with E-state index in [-0.39, 0.29) is 18.6 Å². The Bertz CT molecular complexity index is 975. The van der Waals surface area contributed by atoms with Crippen LogP contribution in [0.1, 0.15) is 5.56 Å². The molecule has 1 fully saturated rings. The molecule has 4 rings (SSSR count). The molecule has 1 aromatic heterocycles. The number of aliphatic hydroxyl groups is 1. The summed E-state index contributed by atoms with van der Waals surface area (Å²) in [7, 11) is 0. The molecule has 28 heavy (non-hydrogen) atoms. The third-order valence-electron chi connectivity index (χ3n) is 5.07. The Morgan fingerprint density at radius 2 is 1.71 bits per heavy atom. The zero-order valence-corrected chi connectivity index (χ0v) is 14.9. The van der Waals surface area contributed by atoms with Gasteiger partial charge < -0.3 is 15.7 Å². The second kappa shape index (κ2) is 7.37. The fourth-order valence-corrected chi connectivity index (χ4v) is 3.51. The summed E-state index contributed by atoms with van der Waals surface area (Å²) in [4.78, 5) is 0. The Morgan fingerprint density at radius 1 is 1.00 bits per heavy atom. The number of fused-ring (bicyclic) bond motifs is 1. The largest absolute Gasteiger partial charge is 0.416 e. The molecule has 5 nitrogen and oxygen atoms in total. The number of halogens is 3. The number of hydrogen-bond acceptors (Lipinski definition) is 5. The van der Waals surface area contributed by atoms with Gasteiger partial charge in [-0.1, -0.05) is 36.4 Å². The van der Waals surface area contributed by atoms with E-state index in [1.807, 2.05) is 24.3 Å². The highest BCUT2D eigenvalue weighted by atomic mass is 19.4. The van der Waals surface area contributed by atoms with Gasteiger partial charge in [0.15, 0.2) is 5.82 Å². The van der Waals surface area contributed by atoms with Crippen LogP contribution in [0.5, 0.6) is 0 Å². The van der Waals surface area contributed by atoms with Gasteiger partial charge in [0.1, 0.15) is 5.69 Å². The number of benzene rings is 2. The van der Waals surface area contributed by atoms with Gasteiger partial charge >= 0.3 is 6.18 Å². The summed E-state index contributed by atoms with van der Waals surface area (Å²) in [6.45, 7) is 1.50. The van der Waals surface area contributed by atoms with E-state index >= 15 is 0 Å². The van der Waals surface area contributed by atoms with E-state index in [1.54, 1.807) is 0 Å². The number of alkyl halides is 3. The first-order chi connectivity index (χ1) is 13.5. The van der Waals surface area contributed by atoms with E-state index in [9.17, 15) is 18.3 Å². The maximum absolute atomic E-state index is 12.8. The monoisotopic (exact) mass is 388 g/mol. The summed E-state index contributed by atoms with van der Waals surface area (Å²) < 4.78 is 38.5. The summed E-state index contributed by atoms with van der Waals surface area (Å²) in [6.07, 6.45) is -4.38. The van der Waals surface area contributed by atoms with Crippen molar-refractivity contribution in [3.8, 4) is 11.3 Å². The van der Waals surface area contributed by atoms with Gasteiger partial charge in [-0.3, -0.25) is 0 Å². The van der Waals surface area contributed by atoms with E-state index in [4.69, 9.17) is 0 Å². The highest BCUT2D eigenvalue weighted by Gasteiger charge is 2.30. The molecule has 3 aromatic rings. The van der Waals surface area contributed by atoms with Crippen molar-refractivity contribution in [2.75, 3.05) is 25.0 Å². The molecule has 1 aliphatic rings. The van der Waals surface area contributed by atoms with Crippen molar-refractivity contribution in [1.29, 1.82) is 0 Å². The summed E-state index contributed by atoms with van der Waals surface area (Å²) >= 11 is 0. The zero-order valence-electron chi connectivity index (χ0n) is 14.9. The number of nitrogens with zero attached hydrogens (tertiary/aromatic N) is 2. The lowest BCUT2D eigenvalue weighted by Gasteiger charge is -2.19. The molecule has 1 aliphatic heterocycles. The van der Waals surface area contributed by atoms with E-state index in [2.05, 4.69) is 20.8 Å². The molecule has 2 heterocycles. The SMILES string of the molecule is OC[C@H]1CNC[C@@H]1Nc1nnc(-c2ccc(C(F)(F)F)cc2)c2ccccc12. The molecule has 0 bridgehead atoms. The smallest absolute Gasteiger partial charge is 0.396 e. The third-order valence-corrected chi connectivity index (χ3v) is 5.07. The summed E-state index contributed by atoms with van der Waals surface area (Å²) in [6, 6.07) is 12.5. The molecular weight excluding hydrogens is 369 g/mol. The van der Waals surface area contributed by atoms with Crippen LogP contribution in [0, 0.1) is 5.92 Å². The first-order valence-electron chi connectivity index (χ1n) is 8.98. The van der Waals surface area contributed by atoms with Crippen molar-refractivity contribution in [2.24, 2.45) is 5.92 Å². The van der Waals surface area contributed by atoms with Gasteiger partial charge in [0, 0.05) is 48.0 Å². The number of anilines is 1. The molecule has 1 saturated heterocycles. The molecular formula is C20H19F3N4O. The molecule has 2 atom stereocenters. The second-order valence-corrected chi connectivity index (χ2v) is 6.87. The van der Waals surface area contributed by atoms with Crippen LogP contribution in [0.3, 0.4) is 0 Å². The lowest BCUT2D eigenvalue weighted by molar-refractivity contribution is -0.137. The van der Waals surface area contributed by atoms with Crippen LogP contribution in [-0.2, 0) is 6.18 Å². The molecule has 0 amide bonds. The summed E-state index contributed by atoms with van der Waals surface area (Å²) in [5.74, 6) is 0.675. The van der Waals surface area contributed by atoms with Gasteiger partial charge in [0.05, 0.1) is 5.56 Å². The quantitative estimate of drug-likeness (QED) is 0.640. The Hall–Kier alpha value is -2.71. The summed E-state index contributed by atoms with van der Waals surface area (Å²) in [5.41, 5.74) is 0.396. The maximum atomic E-state index is 12.8. The van der Waals surface area contributed by atoms with Crippen molar-refractivity contribution < 1.29 is 18.3 Å². The van der Waals surface area contributed by atoms with E-state index in [1.165, 1.54) is 12.1 Å². The Balaban J connectivity index is 1.72. The van der Waals surface area contributed by atoms with Crippen LogP contribution in [0.25, 0.3) is 22.0 Å². The first-order valence-corrected chi connectivity index (χ1v) is 8.98. The van der Waals surface area contributed by atoms with Gasteiger partial charge in [-0.05, 0) is 12.1 Å². The maximum Gasteiger partial charge on any atom is 0.416 e. The van der Waals surface area contributed by atoms with Crippen LogP contribution in [0.4, 0.5) is 19.0 Å². The predicted octanol–water partition coefficient (Wildman–Crippen LogP) is 3.31. The molecule has 146 valence electrons. The molecule has 8 heteroatoms. The van der Waals surface area contributed by atoms with Crippen molar-refractivity contribution in [3.05, 3.63) is 54.1 Å². The summed E-state index contributed by atoms with van der Waals surface area (Å²) in [5, 5.41) is 26.3. The number of nitrogens with one attached hydrogen (secondary N) is 2. The molecule has 2 aromatic carbocycles. The van der Waals surface area contributed by atoms with Gasteiger partial charge in [-0.2, -0.15) is 13.2 Å². The van der Waals surface area contributed by atoms with Crippen molar-refractivity contribution in [2.45, 2.75) is 12.2 Å². The standard InChI is InChI=1S/C20H19F3N4O/c21-20(22,23)14-7-5-12(6-8-14)18-15-3-1-2-4-16(15)19(27-26-18)25-17-10-24-9-13(17)11-28/h1-8,13,17,24,28H,9-11H2,(H,25,27)/t13-,17+/m1/s1. The number of hydrogen-bond donors (Lipinski definition) is 3. The van der Waals surface area contributed by atoms with E-state index < -0.39 is 11.7 Å². The Labute approximate surface area is 159 Å².